The van der Waals surface area contributed by atoms with Gasteiger partial charge < -0.3 is 10.6 Å². The molecule has 1 aliphatic rings. The second-order valence-electron chi connectivity index (χ2n) is 4.27. The Kier molecular flexibility index (Phi) is 3.51. The molecule has 0 aromatic carbocycles. The number of amides is 1. The predicted octanol–water partition coefficient (Wildman–Crippen LogP) is 0.758. The van der Waals surface area contributed by atoms with Crippen LogP contribution in [0.1, 0.15) is 24.1 Å². The summed E-state index contributed by atoms with van der Waals surface area (Å²) in [6.45, 7) is 3.01. The maximum Gasteiger partial charge on any atom is 0.234 e. The summed E-state index contributed by atoms with van der Waals surface area (Å²) in [5.41, 5.74) is 2.11. The zero-order chi connectivity index (χ0) is 11.4. The summed E-state index contributed by atoms with van der Waals surface area (Å²) >= 11 is 0. The predicted molar refractivity (Wildman–Crippen MR) is 61.8 cm³/mol. The van der Waals surface area contributed by atoms with Crippen LogP contribution in [-0.2, 0) is 11.3 Å². The molecule has 16 heavy (non-hydrogen) atoms. The Labute approximate surface area is 95.5 Å². The first-order chi connectivity index (χ1) is 7.74. The van der Waals surface area contributed by atoms with Crippen LogP contribution in [0.3, 0.4) is 0 Å². The number of hydrogen-bond acceptors (Lipinski definition) is 3. The summed E-state index contributed by atoms with van der Waals surface area (Å²) in [6.07, 6.45) is 4.10. The van der Waals surface area contributed by atoms with Crippen molar-refractivity contribution in [2.45, 2.75) is 32.4 Å². The third kappa shape index (κ3) is 3.62. The Hall–Kier alpha value is -1.42. The molecule has 4 heteroatoms. The molecule has 2 N–H and O–H groups in total. The van der Waals surface area contributed by atoms with Crippen LogP contribution in [0, 0.1) is 6.92 Å². The first-order valence-corrected chi connectivity index (χ1v) is 5.65. The highest BCUT2D eigenvalue weighted by Gasteiger charge is 2.22. The fraction of sp³-hybridized carbons (Fsp3) is 0.500. The largest absolute Gasteiger partial charge is 0.352 e. The Morgan fingerprint density at radius 2 is 2.31 bits per heavy atom. The molecule has 0 spiro atoms. The van der Waals surface area contributed by atoms with E-state index in [1.807, 2.05) is 25.3 Å². The molecule has 0 unspecified atom stereocenters. The van der Waals surface area contributed by atoms with Crippen molar-refractivity contribution in [1.82, 2.24) is 15.6 Å². The first kappa shape index (κ1) is 11.1. The van der Waals surface area contributed by atoms with Gasteiger partial charge in [-0.25, -0.2) is 0 Å². The number of nitrogens with one attached hydrogen (secondary N) is 2. The highest BCUT2D eigenvalue weighted by atomic mass is 16.2. The van der Waals surface area contributed by atoms with E-state index < -0.39 is 0 Å². The Morgan fingerprint density at radius 1 is 1.50 bits per heavy atom. The summed E-state index contributed by atoms with van der Waals surface area (Å²) < 4.78 is 0. The number of nitrogens with zero attached hydrogens (tertiary/aromatic N) is 1. The minimum absolute atomic E-state index is 0.0783. The Morgan fingerprint density at radius 3 is 2.94 bits per heavy atom. The molecule has 1 aromatic heterocycles. The number of carbonyl (C=O) groups excluding carboxylic acids is 1. The monoisotopic (exact) mass is 219 g/mol. The minimum Gasteiger partial charge on any atom is -0.352 e. The SMILES string of the molecule is Cc1ccc(CNCC(=O)NC2CC2)nc1. The van der Waals surface area contributed by atoms with Crippen molar-refractivity contribution < 1.29 is 4.79 Å². The van der Waals surface area contributed by atoms with Crippen LogP contribution in [0.5, 0.6) is 0 Å². The van der Waals surface area contributed by atoms with E-state index in [-0.39, 0.29) is 5.91 Å². The summed E-state index contributed by atoms with van der Waals surface area (Å²) in [4.78, 5) is 15.6. The lowest BCUT2D eigenvalue weighted by molar-refractivity contribution is -0.120. The molecular weight excluding hydrogens is 202 g/mol. The van der Waals surface area contributed by atoms with Gasteiger partial charge in [-0.1, -0.05) is 6.07 Å². The van der Waals surface area contributed by atoms with E-state index in [0.29, 0.717) is 19.1 Å². The number of carbonyl (C=O) groups is 1. The average Bonchev–Trinajstić information content (AvgIpc) is 3.05. The molecule has 4 nitrogen and oxygen atoms in total. The van der Waals surface area contributed by atoms with Gasteiger partial charge in [0.2, 0.25) is 5.91 Å². The van der Waals surface area contributed by atoms with E-state index in [4.69, 9.17) is 0 Å². The van der Waals surface area contributed by atoms with Crippen molar-refractivity contribution in [1.29, 1.82) is 0 Å². The lowest BCUT2D eigenvalue weighted by Gasteiger charge is -2.05. The standard InChI is InChI=1S/C12H17N3O/c1-9-2-3-11(14-6-9)7-13-8-12(16)15-10-4-5-10/h2-3,6,10,13H,4-5,7-8H2,1H3,(H,15,16). The van der Waals surface area contributed by atoms with Crippen LogP contribution in [0.15, 0.2) is 18.3 Å². The van der Waals surface area contributed by atoms with Gasteiger partial charge in [-0.05, 0) is 31.4 Å². The number of pyridine rings is 1. The molecular formula is C12H17N3O. The van der Waals surface area contributed by atoms with Gasteiger partial charge in [-0.3, -0.25) is 9.78 Å². The van der Waals surface area contributed by atoms with Crippen molar-refractivity contribution in [2.75, 3.05) is 6.54 Å². The zero-order valence-corrected chi connectivity index (χ0v) is 9.49. The fourth-order valence-corrected chi connectivity index (χ4v) is 1.41. The summed E-state index contributed by atoms with van der Waals surface area (Å²) in [5, 5.41) is 6.01. The van der Waals surface area contributed by atoms with E-state index in [9.17, 15) is 4.79 Å². The van der Waals surface area contributed by atoms with E-state index in [0.717, 1.165) is 24.1 Å². The molecule has 1 aliphatic carbocycles. The lowest BCUT2D eigenvalue weighted by Crippen LogP contribution is -2.34. The average molecular weight is 219 g/mol. The third-order valence-electron chi connectivity index (χ3n) is 2.51. The molecule has 1 heterocycles. The molecule has 1 aromatic rings. The molecule has 0 radical (unpaired) electrons. The van der Waals surface area contributed by atoms with Crippen molar-refractivity contribution >= 4 is 5.91 Å². The van der Waals surface area contributed by atoms with Crippen LogP contribution in [0.25, 0.3) is 0 Å². The molecule has 0 aliphatic heterocycles. The van der Waals surface area contributed by atoms with E-state index in [2.05, 4.69) is 15.6 Å². The fourth-order valence-electron chi connectivity index (χ4n) is 1.41. The van der Waals surface area contributed by atoms with E-state index in [1.165, 1.54) is 0 Å². The van der Waals surface area contributed by atoms with Crippen molar-refractivity contribution in [3.8, 4) is 0 Å². The van der Waals surface area contributed by atoms with Gasteiger partial charge >= 0.3 is 0 Å². The van der Waals surface area contributed by atoms with Gasteiger partial charge in [0.1, 0.15) is 0 Å². The highest BCUT2D eigenvalue weighted by molar-refractivity contribution is 5.78. The minimum atomic E-state index is 0.0783. The molecule has 0 saturated heterocycles. The number of hydrogen-bond donors (Lipinski definition) is 2. The molecule has 1 saturated carbocycles. The topological polar surface area (TPSA) is 54.0 Å². The summed E-state index contributed by atoms with van der Waals surface area (Å²) in [7, 11) is 0. The van der Waals surface area contributed by atoms with Crippen LogP contribution in [-0.4, -0.2) is 23.5 Å². The van der Waals surface area contributed by atoms with Crippen LogP contribution < -0.4 is 10.6 Å². The molecule has 1 amide bonds. The van der Waals surface area contributed by atoms with Crippen LogP contribution in [0.4, 0.5) is 0 Å². The quantitative estimate of drug-likeness (QED) is 0.768. The molecule has 86 valence electrons. The molecule has 0 atom stereocenters. The Balaban J connectivity index is 1.66. The van der Waals surface area contributed by atoms with Crippen LogP contribution in [0.2, 0.25) is 0 Å². The smallest absolute Gasteiger partial charge is 0.234 e. The van der Waals surface area contributed by atoms with Gasteiger partial charge in [0, 0.05) is 18.8 Å². The van der Waals surface area contributed by atoms with Gasteiger partial charge in [-0.15, -0.1) is 0 Å². The van der Waals surface area contributed by atoms with Gasteiger partial charge in [0.05, 0.1) is 12.2 Å². The lowest BCUT2D eigenvalue weighted by atomic mass is 10.3. The van der Waals surface area contributed by atoms with Crippen molar-refractivity contribution in [3.05, 3.63) is 29.6 Å². The maximum absolute atomic E-state index is 11.3. The first-order valence-electron chi connectivity index (χ1n) is 5.65. The number of aryl methyl sites for hydroxylation is 1. The number of rotatable bonds is 5. The second-order valence-corrected chi connectivity index (χ2v) is 4.27. The van der Waals surface area contributed by atoms with Gasteiger partial charge in [-0.2, -0.15) is 0 Å². The van der Waals surface area contributed by atoms with Crippen LogP contribution >= 0.6 is 0 Å². The molecule has 2 rings (SSSR count). The summed E-state index contributed by atoms with van der Waals surface area (Å²) in [5.74, 6) is 0.0783. The van der Waals surface area contributed by atoms with Gasteiger partial charge in [0.15, 0.2) is 0 Å². The summed E-state index contributed by atoms with van der Waals surface area (Å²) in [6, 6.07) is 4.43. The second kappa shape index (κ2) is 5.07. The maximum atomic E-state index is 11.3. The Bertz CT molecular complexity index is 357. The van der Waals surface area contributed by atoms with Gasteiger partial charge in [0.25, 0.3) is 0 Å². The van der Waals surface area contributed by atoms with E-state index in [1.54, 1.807) is 0 Å². The van der Waals surface area contributed by atoms with Crippen molar-refractivity contribution in [3.63, 3.8) is 0 Å². The third-order valence-corrected chi connectivity index (χ3v) is 2.51. The molecule has 0 bridgehead atoms. The van der Waals surface area contributed by atoms with E-state index >= 15 is 0 Å². The van der Waals surface area contributed by atoms with Crippen molar-refractivity contribution in [2.24, 2.45) is 0 Å². The number of aromatic nitrogens is 1. The normalized spacial score (nSPS) is 14.8. The molecule has 1 fully saturated rings. The highest BCUT2D eigenvalue weighted by Crippen LogP contribution is 2.18. The zero-order valence-electron chi connectivity index (χ0n) is 9.49.